The van der Waals surface area contributed by atoms with Crippen molar-refractivity contribution in [3.8, 4) is 0 Å². The second-order valence-corrected chi connectivity index (χ2v) is 7.43. The molecule has 1 saturated heterocycles. The van der Waals surface area contributed by atoms with E-state index in [1.165, 1.54) is 36.9 Å². The van der Waals surface area contributed by atoms with E-state index in [1.54, 1.807) is 0 Å². The van der Waals surface area contributed by atoms with E-state index in [-0.39, 0.29) is 0 Å². The van der Waals surface area contributed by atoms with Gasteiger partial charge in [-0.3, -0.25) is 9.88 Å². The fourth-order valence-corrected chi connectivity index (χ4v) is 3.65. The van der Waals surface area contributed by atoms with Gasteiger partial charge in [0, 0.05) is 51.0 Å². The molecule has 2 aliphatic rings. The number of piperidine rings is 1. The lowest BCUT2D eigenvalue weighted by Gasteiger charge is -2.37. The molecule has 0 aromatic carbocycles. The Morgan fingerprint density at radius 3 is 2.60 bits per heavy atom. The lowest BCUT2D eigenvalue weighted by molar-refractivity contribution is 0.200. The summed E-state index contributed by atoms with van der Waals surface area (Å²) in [4.78, 5) is 18.7. The molecule has 0 spiro atoms. The Labute approximate surface area is 150 Å². The number of nitrogens with zero attached hydrogens (tertiary/aromatic N) is 5. The van der Waals surface area contributed by atoms with E-state index in [0.717, 1.165) is 31.3 Å². The van der Waals surface area contributed by atoms with Crippen LogP contribution < -0.4 is 4.90 Å². The Morgan fingerprint density at radius 1 is 1.08 bits per heavy atom. The highest BCUT2D eigenvalue weighted by Gasteiger charge is 2.28. The van der Waals surface area contributed by atoms with Crippen molar-refractivity contribution in [1.29, 1.82) is 0 Å². The number of hydrogen-bond acceptors (Lipinski definition) is 5. The molecule has 2 aromatic rings. The summed E-state index contributed by atoms with van der Waals surface area (Å²) in [6.45, 7) is 5.34. The number of hydrogen-bond donors (Lipinski definition) is 0. The van der Waals surface area contributed by atoms with Crippen molar-refractivity contribution in [2.45, 2.75) is 51.1 Å². The van der Waals surface area contributed by atoms with Gasteiger partial charge in [-0.2, -0.15) is 0 Å². The zero-order valence-corrected chi connectivity index (χ0v) is 15.2. The third-order valence-corrected chi connectivity index (χ3v) is 5.56. The van der Waals surface area contributed by atoms with Crippen molar-refractivity contribution in [1.82, 2.24) is 19.9 Å². The average molecular weight is 337 g/mol. The maximum absolute atomic E-state index is 4.80. The minimum atomic E-state index is 0.558. The third kappa shape index (κ3) is 3.82. The standard InChI is InChI=1S/C20H27N5/c1-15-4-3-10-21-18(15)14-25-12-8-17(9-13-25)24(2)19-7-11-22-20(23-19)16-5-6-16/h3-4,7,10-11,16-17H,5-6,8-9,12-14H2,1-2H3. The molecule has 1 aliphatic carbocycles. The van der Waals surface area contributed by atoms with E-state index in [1.807, 2.05) is 18.5 Å². The maximum atomic E-state index is 4.80. The van der Waals surface area contributed by atoms with E-state index in [0.29, 0.717) is 12.0 Å². The van der Waals surface area contributed by atoms with Gasteiger partial charge in [0.05, 0.1) is 5.69 Å². The maximum Gasteiger partial charge on any atom is 0.133 e. The molecule has 5 heteroatoms. The van der Waals surface area contributed by atoms with Gasteiger partial charge in [0.2, 0.25) is 0 Å². The van der Waals surface area contributed by atoms with Gasteiger partial charge in [0.25, 0.3) is 0 Å². The molecule has 0 N–H and O–H groups in total. The van der Waals surface area contributed by atoms with Crippen LogP contribution in [0.4, 0.5) is 5.82 Å². The van der Waals surface area contributed by atoms with Crippen LogP contribution in [-0.4, -0.2) is 46.0 Å². The van der Waals surface area contributed by atoms with Gasteiger partial charge in [0.1, 0.15) is 11.6 Å². The zero-order chi connectivity index (χ0) is 17.2. The number of pyridine rings is 1. The van der Waals surface area contributed by atoms with Crippen molar-refractivity contribution in [2.24, 2.45) is 0 Å². The SMILES string of the molecule is Cc1cccnc1CN1CCC(N(C)c2ccnc(C3CC3)n2)CC1. The van der Waals surface area contributed by atoms with Crippen LogP contribution in [0.1, 0.15) is 48.7 Å². The monoisotopic (exact) mass is 337 g/mol. The molecule has 3 heterocycles. The second-order valence-electron chi connectivity index (χ2n) is 7.43. The summed E-state index contributed by atoms with van der Waals surface area (Å²) in [5, 5.41) is 0. The Kier molecular flexibility index (Phi) is 4.66. The normalized spacial score (nSPS) is 19.1. The van der Waals surface area contributed by atoms with Crippen molar-refractivity contribution in [3.63, 3.8) is 0 Å². The summed E-state index contributed by atoms with van der Waals surface area (Å²) in [7, 11) is 2.18. The fraction of sp³-hybridized carbons (Fsp3) is 0.550. The Hall–Kier alpha value is -2.01. The second kappa shape index (κ2) is 7.08. The molecule has 1 aliphatic heterocycles. The largest absolute Gasteiger partial charge is 0.356 e. The van der Waals surface area contributed by atoms with Crippen LogP contribution in [0.25, 0.3) is 0 Å². The smallest absolute Gasteiger partial charge is 0.133 e. The summed E-state index contributed by atoms with van der Waals surface area (Å²) >= 11 is 0. The first kappa shape index (κ1) is 16.5. The number of anilines is 1. The van der Waals surface area contributed by atoms with Crippen molar-refractivity contribution in [3.05, 3.63) is 47.7 Å². The molecule has 2 aromatic heterocycles. The van der Waals surface area contributed by atoms with Gasteiger partial charge in [-0.05, 0) is 50.3 Å². The zero-order valence-electron chi connectivity index (χ0n) is 15.2. The fourth-order valence-electron chi connectivity index (χ4n) is 3.65. The van der Waals surface area contributed by atoms with Crippen molar-refractivity contribution >= 4 is 5.82 Å². The number of likely N-dealkylation sites (tertiary alicyclic amines) is 1. The molecule has 4 rings (SSSR count). The van der Waals surface area contributed by atoms with Crippen molar-refractivity contribution < 1.29 is 0 Å². The van der Waals surface area contributed by atoms with Gasteiger partial charge >= 0.3 is 0 Å². The summed E-state index contributed by atoms with van der Waals surface area (Å²) in [6, 6.07) is 6.77. The first-order valence-electron chi connectivity index (χ1n) is 9.39. The summed E-state index contributed by atoms with van der Waals surface area (Å²) < 4.78 is 0. The summed E-state index contributed by atoms with van der Waals surface area (Å²) in [5.41, 5.74) is 2.49. The molecule has 132 valence electrons. The van der Waals surface area contributed by atoms with Crippen LogP contribution in [0.5, 0.6) is 0 Å². The van der Waals surface area contributed by atoms with E-state index in [2.05, 4.69) is 45.9 Å². The van der Waals surface area contributed by atoms with Gasteiger partial charge < -0.3 is 4.90 Å². The molecule has 2 fully saturated rings. The molecule has 0 bridgehead atoms. The molecule has 0 radical (unpaired) electrons. The number of rotatable bonds is 5. The lowest BCUT2D eigenvalue weighted by atomic mass is 10.0. The van der Waals surface area contributed by atoms with E-state index in [9.17, 15) is 0 Å². The molecular weight excluding hydrogens is 310 g/mol. The van der Waals surface area contributed by atoms with Crippen LogP contribution in [0, 0.1) is 6.92 Å². The van der Waals surface area contributed by atoms with Crippen LogP contribution in [0.3, 0.4) is 0 Å². The van der Waals surface area contributed by atoms with Crippen molar-refractivity contribution in [2.75, 3.05) is 25.0 Å². The molecule has 5 nitrogen and oxygen atoms in total. The first-order valence-corrected chi connectivity index (χ1v) is 9.39. The quantitative estimate of drug-likeness (QED) is 0.838. The highest BCUT2D eigenvalue weighted by atomic mass is 15.2. The van der Waals surface area contributed by atoms with E-state index >= 15 is 0 Å². The molecular formula is C20H27N5. The highest BCUT2D eigenvalue weighted by Crippen LogP contribution is 2.38. The van der Waals surface area contributed by atoms with Gasteiger partial charge in [-0.15, -0.1) is 0 Å². The summed E-state index contributed by atoms with van der Waals surface area (Å²) in [6.07, 6.45) is 8.66. The van der Waals surface area contributed by atoms with Gasteiger partial charge in [0.15, 0.2) is 0 Å². The molecule has 0 atom stereocenters. The van der Waals surface area contributed by atoms with Gasteiger partial charge in [-0.25, -0.2) is 9.97 Å². The topological polar surface area (TPSA) is 45.2 Å². The predicted molar refractivity (Wildman–Crippen MR) is 99.7 cm³/mol. The van der Waals surface area contributed by atoms with Crippen LogP contribution in [0.15, 0.2) is 30.6 Å². The number of aryl methyl sites for hydroxylation is 1. The Morgan fingerprint density at radius 2 is 1.88 bits per heavy atom. The first-order chi connectivity index (χ1) is 12.2. The van der Waals surface area contributed by atoms with Crippen LogP contribution >= 0.6 is 0 Å². The molecule has 1 saturated carbocycles. The molecule has 0 amide bonds. The minimum Gasteiger partial charge on any atom is -0.356 e. The highest BCUT2D eigenvalue weighted by molar-refractivity contribution is 5.38. The third-order valence-electron chi connectivity index (χ3n) is 5.56. The van der Waals surface area contributed by atoms with E-state index < -0.39 is 0 Å². The Bertz CT molecular complexity index is 720. The Balaban J connectivity index is 1.35. The lowest BCUT2D eigenvalue weighted by Crippen LogP contribution is -2.43. The van der Waals surface area contributed by atoms with Crippen LogP contribution in [-0.2, 0) is 6.54 Å². The minimum absolute atomic E-state index is 0.558. The predicted octanol–water partition coefficient (Wildman–Crippen LogP) is 3.16. The molecule has 0 unspecified atom stereocenters. The molecule has 25 heavy (non-hydrogen) atoms. The van der Waals surface area contributed by atoms with E-state index in [4.69, 9.17) is 4.98 Å². The average Bonchev–Trinajstić information content (AvgIpc) is 3.49. The number of aromatic nitrogens is 3. The van der Waals surface area contributed by atoms with Gasteiger partial charge in [-0.1, -0.05) is 6.07 Å². The van der Waals surface area contributed by atoms with Crippen LogP contribution in [0.2, 0.25) is 0 Å². The summed E-state index contributed by atoms with van der Waals surface area (Å²) in [5.74, 6) is 2.72.